The lowest BCUT2D eigenvalue weighted by atomic mass is 9.87. The number of benzene rings is 1. The molecule has 2 saturated heterocycles. The molecule has 1 atom stereocenters. The van der Waals surface area contributed by atoms with Gasteiger partial charge in [-0.3, -0.25) is 0 Å². The van der Waals surface area contributed by atoms with E-state index in [-0.39, 0.29) is 29.1 Å². The molecule has 6 rings (SSSR count). The fourth-order valence-corrected chi connectivity index (χ4v) is 6.69. The molecule has 228 valence electrons. The second-order valence-electron chi connectivity index (χ2n) is 12.3. The molecule has 5 heterocycles. The zero-order chi connectivity index (χ0) is 30.2. The first-order valence-corrected chi connectivity index (χ1v) is 15.2. The molecule has 0 saturated carbocycles. The molecule has 11 heteroatoms. The maximum Gasteiger partial charge on any atom is 0.229 e. The number of aliphatic hydroxyl groups is 1. The van der Waals surface area contributed by atoms with Gasteiger partial charge in [0, 0.05) is 23.8 Å². The number of piperidine rings is 2. The molecule has 0 radical (unpaired) electrons. The minimum Gasteiger partial charge on any atom is -0.388 e. The Hall–Kier alpha value is -3.54. The summed E-state index contributed by atoms with van der Waals surface area (Å²) in [5.41, 5.74) is 1.87. The van der Waals surface area contributed by atoms with Crippen molar-refractivity contribution in [2.75, 3.05) is 38.5 Å². The van der Waals surface area contributed by atoms with Crippen LogP contribution in [0.1, 0.15) is 63.1 Å². The molecule has 0 amide bonds. The number of aryl methyl sites for hydroxylation is 1. The molecule has 2 aliphatic rings. The highest BCUT2D eigenvalue weighted by Gasteiger charge is 2.31. The fraction of sp³-hybridized carbons (Fsp3) is 0.500. The van der Waals surface area contributed by atoms with Crippen LogP contribution in [0.4, 0.5) is 20.5 Å². The van der Waals surface area contributed by atoms with Crippen LogP contribution in [-0.4, -0.2) is 78.7 Å². The van der Waals surface area contributed by atoms with Crippen LogP contribution in [0, 0.1) is 24.5 Å². The first-order chi connectivity index (χ1) is 20.7. The van der Waals surface area contributed by atoms with E-state index in [9.17, 15) is 9.50 Å². The van der Waals surface area contributed by atoms with Crippen LogP contribution in [0.25, 0.3) is 22.3 Å². The molecule has 4 aromatic rings. The molecular formula is C32H40F2N8O. The van der Waals surface area contributed by atoms with E-state index in [1.165, 1.54) is 18.9 Å². The van der Waals surface area contributed by atoms with Crippen molar-refractivity contribution in [2.24, 2.45) is 5.92 Å². The van der Waals surface area contributed by atoms with Gasteiger partial charge < -0.3 is 24.8 Å². The van der Waals surface area contributed by atoms with Gasteiger partial charge in [0.25, 0.3) is 0 Å². The molecule has 3 aromatic heterocycles. The van der Waals surface area contributed by atoms with E-state index in [0.717, 1.165) is 50.8 Å². The van der Waals surface area contributed by atoms with Gasteiger partial charge in [-0.05, 0) is 109 Å². The molecule has 0 spiro atoms. The number of halogens is 2. The van der Waals surface area contributed by atoms with E-state index in [4.69, 9.17) is 0 Å². The van der Waals surface area contributed by atoms with E-state index >= 15 is 4.39 Å². The van der Waals surface area contributed by atoms with Crippen molar-refractivity contribution >= 4 is 22.8 Å². The lowest BCUT2D eigenvalue weighted by molar-refractivity contribution is 0.0318. The lowest BCUT2D eigenvalue weighted by Gasteiger charge is -2.42. The Morgan fingerprint density at radius 3 is 2.35 bits per heavy atom. The Balaban J connectivity index is 1.13. The van der Waals surface area contributed by atoms with Crippen LogP contribution in [0.2, 0.25) is 0 Å². The number of rotatable bonds is 7. The van der Waals surface area contributed by atoms with Crippen molar-refractivity contribution < 1.29 is 13.9 Å². The van der Waals surface area contributed by atoms with Gasteiger partial charge in [-0.25, -0.2) is 28.7 Å². The Bertz CT molecular complexity index is 1570. The van der Waals surface area contributed by atoms with Gasteiger partial charge >= 0.3 is 0 Å². The fourth-order valence-electron chi connectivity index (χ4n) is 6.69. The summed E-state index contributed by atoms with van der Waals surface area (Å²) in [5, 5.41) is 14.1. The van der Waals surface area contributed by atoms with E-state index in [2.05, 4.69) is 42.1 Å². The van der Waals surface area contributed by atoms with Crippen LogP contribution < -0.4 is 5.32 Å². The normalized spacial score (nSPS) is 18.5. The second kappa shape index (κ2) is 12.2. The number of aliphatic hydroxyl groups excluding tert-OH is 1. The van der Waals surface area contributed by atoms with Gasteiger partial charge in [0.05, 0.1) is 17.8 Å². The largest absolute Gasteiger partial charge is 0.388 e. The topological polar surface area (TPSA) is 95.2 Å². The van der Waals surface area contributed by atoms with Crippen LogP contribution in [0.5, 0.6) is 0 Å². The number of likely N-dealkylation sites (tertiary alicyclic amines) is 2. The summed E-state index contributed by atoms with van der Waals surface area (Å²) in [6.45, 7) is 10.1. The summed E-state index contributed by atoms with van der Waals surface area (Å²) >= 11 is 0. The summed E-state index contributed by atoms with van der Waals surface area (Å²) < 4.78 is 31.9. The van der Waals surface area contributed by atoms with Crippen molar-refractivity contribution in [3.8, 4) is 11.3 Å². The summed E-state index contributed by atoms with van der Waals surface area (Å²) in [6.07, 6.45) is 6.51. The highest BCUT2D eigenvalue weighted by molar-refractivity contribution is 5.83. The summed E-state index contributed by atoms with van der Waals surface area (Å²) in [6, 6.07) is 7.28. The molecule has 2 aliphatic heterocycles. The Morgan fingerprint density at radius 1 is 0.930 bits per heavy atom. The minimum absolute atomic E-state index is 0.0221. The monoisotopic (exact) mass is 590 g/mol. The first kappa shape index (κ1) is 29.5. The summed E-state index contributed by atoms with van der Waals surface area (Å²) in [4.78, 5) is 22.2. The van der Waals surface area contributed by atoms with Gasteiger partial charge in [-0.1, -0.05) is 6.07 Å². The van der Waals surface area contributed by atoms with E-state index in [1.807, 2.05) is 31.4 Å². The third-order valence-corrected chi connectivity index (χ3v) is 9.05. The molecule has 1 aromatic carbocycles. The quantitative estimate of drug-likeness (QED) is 0.286. The molecule has 9 nitrogen and oxygen atoms in total. The maximum absolute atomic E-state index is 15.0. The zero-order valence-corrected chi connectivity index (χ0v) is 25.3. The minimum atomic E-state index is -0.662. The molecule has 0 bridgehead atoms. The molecule has 43 heavy (non-hydrogen) atoms. The molecule has 0 aliphatic carbocycles. The summed E-state index contributed by atoms with van der Waals surface area (Å²) in [7, 11) is 2.19. The first-order valence-electron chi connectivity index (χ1n) is 15.2. The van der Waals surface area contributed by atoms with Crippen molar-refractivity contribution in [1.82, 2.24) is 34.3 Å². The highest BCUT2D eigenvalue weighted by Crippen LogP contribution is 2.33. The number of aromatic nitrogens is 5. The van der Waals surface area contributed by atoms with Gasteiger partial charge in [-0.15, -0.1) is 0 Å². The SMILES string of the molecule is Cc1nc2c(F)cc(-c3nc(Nc4ccc([C@@H](O)C5CCN(C6CCN(C)CC6)CC5)cn4)ncc3F)cc2n1C(C)C. The number of hydrogen-bond donors (Lipinski definition) is 2. The standard InChI is InChI=1S/C32H40F2N8O/c1-19(2)42-20(3)37-30-25(33)15-23(16-27(30)42)29-26(34)18-36-32(39-29)38-28-6-5-22(17-35-28)31(43)21-7-13-41(14-8-21)24-9-11-40(4)12-10-24/h5-6,15-19,21,24,31,43H,7-14H2,1-4H3,(H,35,36,38,39)/t31-/m0/s1. The van der Waals surface area contributed by atoms with Crippen molar-refractivity contribution in [3.05, 3.63) is 59.7 Å². The Kier molecular flexibility index (Phi) is 8.39. The van der Waals surface area contributed by atoms with Gasteiger partial charge in [0.2, 0.25) is 5.95 Å². The number of imidazole rings is 1. The summed E-state index contributed by atoms with van der Waals surface area (Å²) in [5.74, 6) is 0.271. The third kappa shape index (κ3) is 6.11. The molecule has 0 unspecified atom stereocenters. The average molecular weight is 591 g/mol. The number of pyridine rings is 1. The molecule has 2 fully saturated rings. The van der Waals surface area contributed by atoms with Gasteiger partial charge in [-0.2, -0.15) is 0 Å². The van der Waals surface area contributed by atoms with Crippen molar-refractivity contribution in [1.29, 1.82) is 0 Å². The number of fused-ring (bicyclic) bond motifs is 1. The van der Waals surface area contributed by atoms with Crippen LogP contribution in [0.15, 0.2) is 36.7 Å². The third-order valence-electron chi connectivity index (χ3n) is 9.05. The Labute approximate surface area is 251 Å². The van der Waals surface area contributed by atoms with Crippen LogP contribution >= 0.6 is 0 Å². The van der Waals surface area contributed by atoms with Gasteiger partial charge in [0.1, 0.15) is 22.9 Å². The lowest BCUT2D eigenvalue weighted by Crippen LogP contribution is -2.47. The van der Waals surface area contributed by atoms with E-state index < -0.39 is 17.7 Å². The number of nitrogens with one attached hydrogen (secondary N) is 1. The average Bonchev–Trinajstić information content (AvgIpc) is 3.35. The van der Waals surface area contributed by atoms with Crippen molar-refractivity contribution in [2.45, 2.75) is 64.6 Å². The van der Waals surface area contributed by atoms with Crippen molar-refractivity contribution in [3.63, 3.8) is 0 Å². The number of nitrogens with zero attached hydrogens (tertiary/aromatic N) is 7. The number of hydrogen-bond acceptors (Lipinski definition) is 8. The predicted molar refractivity (Wildman–Crippen MR) is 163 cm³/mol. The maximum atomic E-state index is 15.0. The zero-order valence-electron chi connectivity index (χ0n) is 25.3. The van der Waals surface area contributed by atoms with Gasteiger partial charge in [0.15, 0.2) is 11.6 Å². The second-order valence-corrected chi connectivity index (χ2v) is 12.3. The predicted octanol–water partition coefficient (Wildman–Crippen LogP) is 5.64. The smallest absolute Gasteiger partial charge is 0.229 e. The van der Waals surface area contributed by atoms with E-state index in [1.54, 1.807) is 18.3 Å². The number of anilines is 2. The Morgan fingerprint density at radius 2 is 1.67 bits per heavy atom. The molecule has 2 N–H and O–H groups in total. The van der Waals surface area contributed by atoms with E-state index in [0.29, 0.717) is 28.8 Å². The van der Waals surface area contributed by atoms with Crippen LogP contribution in [0.3, 0.4) is 0 Å². The van der Waals surface area contributed by atoms with Crippen LogP contribution in [-0.2, 0) is 0 Å². The highest BCUT2D eigenvalue weighted by atomic mass is 19.1. The molecular weight excluding hydrogens is 550 g/mol.